The van der Waals surface area contributed by atoms with Crippen molar-refractivity contribution < 1.29 is 0 Å². The summed E-state index contributed by atoms with van der Waals surface area (Å²) in [6.07, 6.45) is 6.43. The standard InChI is InChI=1S/C11H15IN4/c12-9-4-14-11(15-5-9)16-6-8-2-1-3-13-10(8)7-16/h4-5,8,10,13H,1-3,6-7H2/t8-,10+/m0/s1. The third-order valence-corrected chi connectivity index (χ3v) is 4.05. The van der Waals surface area contributed by atoms with Gasteiger partial charge in [0.05, 0.1) is 0 Å². The topological polar surface area (TPSA) is 41.1 Å². The van der Waals surface area contributed by atoms with Crippen molar-refractivity contribution in [2.75, 3.05) is 24.5 Å². The predicted molar refractivity (Wildman–Crippen MR) is 71.5 cm³/mol. The minimum atomic E-state index is 0.650. The second-order valence-corrected chi connectivity index (χ2v) is 5.81. The summed E-state index contributed by atoms with van der Waals surface area (Å²) < 4.78 is 1.09. The predicted octanol–water partition coefficient (Wildman–Crippen LogP) is 1.27. The highest BCUT2D eigenvalue weighted by molar-refractivity contribution is 14.1. The molecule has 0 spiro atoms. The molecule has 0 aliphatic carbocycles. The van der Waals surface area contributed by atoms with Crippen molar-refractivity contribution in [1.29, 1.82) is 0 Å². The van der Waals surface area contributed by atoms with E-state index in [1.165, 1.54) is 19.4 Å². The number of rotatable bonds is 1. The molecular weight excluding hydrogens is 315 g/mol. The van der Waals surface area contributed by atoms with Gasteiger partial charge in [-0.2, -0.15) is 0 Å². The van der Waals surface area contributed by atoms with Crippen LogP contribution in [0.5, 0.6) is 0 Å². The molecule has 2 fully saturated rings. The van der Waals surface area contributed by atoms with Gasteiger partial charge in [0.15, 0.2) is 0 Å². The third kappa shape index (κ3) is 2.02. The van der Waals surface area contributed by atoms with Crippen LogP contribution in [0.4, 0.5) is 5.95 Å². The summed E-state index contributed by atoms with van der Waals surface area (Å²) in [5.74, 6) is 1.67. The molecule has 16 heavy (non-hydrogen) atoms. The number of anilines is 1. The Hall–Kier alpha value is -0.430. The van der Waals surface area contributed by atoms with Crippen molar-refractivity contribution in [3.63, 3.8) is 0 Å². The van der Waals surface area contributed by atoms with Crippen molar-refractivity contribution >= 4 is 28.5 Å². The lowest BCUT2D eigenvalue weighted by Crippen LogP contribution is -2.40. The molecule has 0 amide bonds. The summed E-state index contributed by atoms with van der Waals surface area (Å²) in [4.78, 5) is 11.1. The summed E-state index contributed by atoms with van der Waals surface area (Å²) in [5, 5.41) is 3.59. The van der Waals surface area contributed by atoms with E-state index in [-0.39, 0.29) is 0 Å². The van der Waals surface area contributed by atoms with Crippen LogP contribution in [-0.2, 0) is 0 Å². The van der Waals surface area contributed by atoms with Crippen LogP contribution in [0, 0.1) is 9.49 Å². The lowest BCUT2D eigenvalue weighted by atomic mass is 9.94. The number of halogens is 1. The average molecular weight is 330 g/mol. The SMILES string of the molecule is Ic1cnc(N2C[C@@H]3CCCN[C@@H]3C2)nc1. The molecule has 5 heteroatoms. The fourth-order valence-electron chi connectivity index (χ4n) is 2.68. The van der Waals surface area contributed by atoms with Gasteiger partial charge in [0.2, 0.25) is 5.95 Å². The smallest absolute Gasteiger partial charge is 0.225 e. The molecule has 2 aliphatic rings. The van der Waals surface area contributed by atoms with Crippen LogP contribution >= 0.6 is 22.6 Å². The maximum absolute atomic E-state index is 4.40. The second-order valence-electron chi connectivity index (χ2n) is 4.57. The molecule has 0 bridgehead atoms. The third-order valence-electron chi connectivity index (χ3n) is 3.49. The summed E-state index contributed by atoms with van der Waals surface area (Å²) >= 11 is 2.24. The average Bonchev–Trinajstić information content (AvgIpc) is 2.73. The first-order valence-corrected chi connectivity index (χ1v) is 6.87. The molecular formula is C11H15IN4. The molecule has 1 N–H and O–H groups in total. The van der Waals surface area contributed by atoms with E-state index in [2.05, 4.69) is 42.8 Å². The van der Waals surface area contributed by atoms with Crippen LogP contribution in [0.25, 0.3) is 0 Å². The zero-order chi connectivity index (χ0) is 11.0. The maximum Gasteiger partial charge on any atom is 0.225 e. The molecule has 86 valence electrons. The first-order valence-electron chi connectivity index (χ1n) is 5.79. The van der Waals surface area contributed by atoms with Crippen LogP contribution in [-0.4, -0.2) is 35.6 Å². The van der Waals surface area contributed by atoms with Gasteiger partial charge in [-0.1, -0.05) is 0 Å². The van der Waals surface area contributed by atoms with Gasteiger partial charge in [0.1, 0.15) is 0 Å². The highest BCUT2D eigenvalue weighted by Gasteiger charge is 2.35. The van der Waals surface area contributed by atoms with Gasteiger partial charge in [0, 0.05) is 35.1 Å². The monoisotopic (exact) mass is 330 g/mol. The van der Waals surface area contributed by atoms with Gasteiger partial charge >= 0.3 is 0 Å². The number of hydrogen-bond donors (Lipinski definition) is 1. The maximum atomic E-state index is 4.40. The number of nitrogens with one attached hydrogen (secondary N) is 1. The molecule has 2 saturated heterocycles. The molecule has 0 aromatic carbocycles. The molecule has 3 rings (SSSR count). The Morgan fingerprint density at radius 1 is 1.31 bits per heavy atom. The normalized spacial score (nSPS) is 29.2. The van der Waals surface area contributed by atoms with Crippen molar-refractivity contribution in [2.24, 2.45) is 5.92 Å². The highest BCUT2D eigenvalue weighted by atomic mass is 127. The van der Waals surface area contributed by atoms with E-state index >= 15 is 0 Å². The summed E-state index contributed by atoms with van der Waals surface area (Å²) in [7, 11) is 0. The molecule has 3 heterocycles. The van der Waals surface area contributed by atoms with E-state index < -0.39 is 0 Å². The molecule has 4 nitrogen and oxygen atoms in total. The molecule has 0 radical (unpaired) electrons. The van der Waals surface area contributed by atoms with Crippen molar-refractivity contribution in [2.45, 2.75) is 18.9 Å². The molecule has 2 aliphatic heterocycles. The zero-order valence-electron chi connectivity index (χ0n) is 9.06. The van der Waals surface area contributed by atoms with E-state index in [4.69, 9.17) is 0 Å². The highest BCUT2D eigenvalue weighted by Crippen LogP contribution is 2.26. The van der Waals surface area contributed by atoms with Gasteiger partial charge in [-0.15, -0.1) is 0 Å². The van der Waals surface area contributed by atoms with Gasteiger partial charge in [0.25, 0.3) is 0 Å². The van der Waals surface area contributed by atoms with Crippen molar-refractivity contribution in [1.82, 2.24) is 15.3 Å². The van der Waals surface area contributed by atoms with Crippen molar-refractivity contribution in [3.8, 4) is 0 Å². The van der Waals surface area contributed by atoms with E-state index in [9.17, 15) is 0 Å². The number of aromatic nitrogens is 2. The first kappa shape index (κ1) is 10.7. The Kier molecular flexibility index (Phi) is 2.97. The number of piperidine rings is 1. The Morgan fingerprint density at radius 2 is 2.12 bits per heavy atom. The van der Waals surface area contributed by atoms with Gasteiger partial charge in [-0.25, -0.2) is 9.97 Å². The van der Waals surface area contributed by atoms with Crippen LogP contribution in [0.2, 0.25) is 0 Å². The van der Waals surface area contributed by atoms with Crippen LogP contribution in [0.1, 0.15) is 12.8 Å². The lowest BCUT2D eigenvalue weighted by molar-refractivity contribution is 0.340. The van der Waals surface area contributed by atoms with E-state index in [0.717, 1.165) is 28.5 Å². The lowest BCUT2D eigenvalue weighted by Gasteiger charge is -2.24. The molecule has 0 unspecified atom stereocenters. The van der Waals surface area contributed by atoms with Gasteiger partial charge < -0.3 is 10.2 Å². The first-order chi connectivity index (χ1) is 7.83. The van der Waals surface area contributed by atoms with Gasteiger partial charge in [-0.3, -0.25) is 0 Å². The molecule has 1 aromatic heterocycles. The summed E-state index contributed by atoms with van der Waals surface area (Å²) in [6, 6.07) is 0.650. The number of nitrogens with zero attached hydrogens (tertiary/aromatic N) is 3. The van der Waals surface area contributed by atoms with Crippen LogP contribution < -0.4 is 10.2 Å². The van der Waals surface area contributed by atoms with E-state index in [0.29, 0.717) is 6.04 Å². The fraction of sp³-hybridized carbons (Fsp3) is 0.636. The minimum Gasteiger partial charge on any atom is -0.339 e. The summed E-state index contributed by atoms with van der Waals surface area (Å²) in [5.41, 5.74) is 0. The van der Waals surface area contributed by atoms with E-state index in [1.54, 1.807) is 0 Å². The molecule has 1 aromatic rings. The molecule has 0 saturated carbocycles. The molecule has 2 atom stereocenters. The summed E-state index contributed by atoms with van der Waals surface area (Å²) in [6.45, 7) is 3.34. The Bertz CT molecular complexity index is 353. The largest absolute Gasteiger partial charge is 0.339 e. The second kappa shape index (κ2) is 4.44. The van der Waals surface area contributed by atoms with Gasteiger partial charge in [-0.05, 0) is 47.9 Å². The fourth-order valence-corrected chi connectivity index (χ4v) is 2.96. The Balaban J connectivity index is 1.75. The van der Waals surface area contributed by atoms with Crippen LogP contribution in [0.15, 0.2) is 12.4 Å². The number of fused-ring (bicyclic) bond motifs is 1. The van der Waals surface area contributed by atoms with Crippen molar-refractivity contribution in [3.05, 3.63) is 16.0 Å². The van der Waals surface area contributed by atoms with Crippen LogP contribution in [0.3, 0.4) is 0 Å². The Morgan fingerprint density at radius 3 is 2.88 bits per heavy atom. The van der Waals surface area contributed by atoms with E-state index in [1.807, 2.05) is 12.4 Å². The zero-order valence-corrected chi connectivity index (χ0v) is 11.2. The minimum absolute atomic E-state index is 0.650. The Labute approximate surface area is 109 Å². The number of hydrogen-bond acceptors (Lipinski definition) is 4. The quantitative estimate of drug-likeness (QED) is 0.788.